The van der Waals surface area contributed by atoms with Crippen molar-refractivity contribution in [2.45, 2.75) is 38.8 Å². The quantitative estimate of drug-likeness (QED) is 0.748. The second-order valence-electron chi connectivity index (χ2n) is 6.97. The van der Waals surface area contributed by atoms with E-state index in [1.54, 1.807) is 17.3 Å². The molecule has 0 aliphatic carbocycles. The normalized spacial score (nSPS) is 18.1. The van der Waals surface area contributed by atoms with E-state index in [1.807, 2.05) is 32.0 Å². The SMILES string of the molecule is CC[C@@H](C)[C@H](NC(=O)N1CCc2[nH]cnc2[C@@H]1c1ccccc1Cl)C(=O)OC. The lowest BCUT2D eigenvalue weighted by atomic mass is 9.95. The van der Waals surface area contributed by atoms with Crippen LogP contribution in [0.15, 0.2) is 30.6 Å². The molecule has 3 atom stereocenters. The van der Waals surface area contributed by atoms with E-state index in [1.165, 1.54) is 7.11 Å². The number of imidazole rings is 1. The van der Waals surface area contributed by atoms with Gasteiger partial charge in [-0.2, -0.15) is 0 Å². The molecule has 2 N–H and O–H groups in total. The van der Waals surface area contributed by atoms with Crippen molar-refractivity contribution < 1.29 is 14.3 Å². The van der Waals surface area contributed by atoms with E-state index in [4.69, 9.17) is 16.3 Å². The zero-order valence-corrected chi connectivity index (χ0v) is 17.0. The number of nitrogens with one attached hydrogen (secondary N) is 2. The van der Waals surface area contributed by atoms with Crippen LogP contribution in [0.1, 0.15) is 43.3 Å². The number of fused-ring (bicyclic) bond motifs is 1. The van der Waals surface area contributed by atoms with Crippen molar-refractivity contribution in [3.8, 4) is 0 Å². The van der Waals surface area contributed by atoms with E-state index < -0.39 is 18.1 Å². The van der Waals surface area contributed by atoms with Crippen molar-refractivity contribution in [1.29, 1.82) is 0 Å². The maximum atomic E-state index is 13.2. The van der Waals surface area contributed by atoms with Crippen molar-refractivity contribution in [3.05, 3.63) is 52.6 Å². The van der Waals surface area contributed by atoms with Gasteiger partial charge in [0.15, 0.2) is 0 Å². The monoisotopic (exact) mass is 404 g/mol. The van der Waals surface area contributed by atoms with Crippen LogP contribution < -0.4 is 5.32 Å². The standard InChI is InChI=1S/C20H25ClN4O3/c1-4-12(2)16(19(26)28-3)24-20(27)25-10-9-15-17(23-11-22-15)18(25)13-7-5-6-8-14(13)21/h5-8,11-12,16,18H,4,9-10H2,1-3H3,(H,22,23)(H,24,27)/t12-,16+,18+/m1/s1. The lowest BCUT2D eigenvalue weighted by Crippen LogP contribution is -2.53. The summed E-state index contributed by atoms with van der Waals surface area (Å²) in [7, 11) is 1.33. The van der Waals surface area contributed by atoms with E-state index in [9.17, 15) is 9.59 Å². The van der Waals surface area contributed by atoms with E-state index >= 15 is 0 Å². The fraction of sp³-hybridized carbons (Fsp3) is 0.450. The molecule has 3 rings (SSSR count). The predicted octanol–water partition coefficient (Wildman–Crippen LogP) is 3.31. The maximum absolute atomic E-state index is 13.2. The summed E-state index contributed by atoms with van der Waals surface area (Å²) in [6.07, 6.45) is 3.01. The fourth-order valence-corrected chi connectivity index (χ4v) is 3.76. The number of hydrogen-bond donors (Lipinski definition) is 2. The number of urea groups is 1. The summed E-state index contributed by atoms with van der Waals surface area (Å²) in [5, 5.41) is 3.42. The molecule has 0 saturated carbocycles. The first-order valence-corrected chi connectivity index (χ1v) is 9.77. The van der Waals surface area contributed by atoms with Gasteiger partial charge in [-0.25, -0.2) is 14.6 Å². The minimum absolute atomic E-state index is 0.0547. The average molecular weight is 405 g/mol. The van der Waals surface area contributed by atoms with Gasteiger partial charge < -0.3 is 19.9 Å². The van der Waals surface area contributed by atoms with E-state index in [0.29, 0.717) is 18.0 Å². The number of hydrogen-bond acceptors (Lipinski definition) is 4. The van der Waals surface area contributed by atoms with Crippen molar-refractivity contribution in [3.63, 3.8) is 0 Å². The van der Waals surface area contributed by atoms with Crippen molar-refractivity contribution >= 4 is 23.6 Å². The van der Waals surface area contributed by atoms with Crippen LogP contribution in [-0.4, -0.2) is 46.6 Å². The Balaban J connectivity index is 1.94. The van der Waals surface area contributed by atoms with Crippen molar-refractivity contribution in [1.82, 2.24) is 20.2 Å². The zero-order chi connectivity index (χ0) is 20.3. The Morgan fingerprint density at radius 1 is 1.43 bits per heavy atom. The molecule has 150 valence electrons. The number of amides is 2. The maximum Gasteiger partial charge on any atom is 0.328 e. The highest BCUT2D eigenvalue weighted by Gasteiger charge is 2.37. The number of rotatable bonds is 5. The van der Waals surface area contributed by atoms with Crippen LogP contribution in [0, 0.1) is 5.92 Å². The Morgan fingerprint density at radius 2 is 2.18 bits per heavy atom. The van der Waals surface area contributed by atoms with Gasteiger partial charge in [0.25, 0.3) is 0 Å². The molecule has 1 aromatic carbocycles. The number of aromatic nitrogens is 2. The number of H-pyrrole nitrogens is 1. The van der Waals surface area contributed by atoms with E-state index in [-0.39, 0.29) is 11.9 Å². The molecular formula is C20H25ClN4O3. The fourth-order valence-electron chi connectivity index (χ4n) is 3.52. The Hall–Kier alpha value is -2.54. The van der Waals surface area contributed by atoms with Crippen molar-refractivity contribution in [2.24, 2.45) is 5.92 Å². The number of methoxy groups -OCH3 is 1. The first-order valence-electron chi connectivity index (χ1n) is 9.39. The minimum Gasteiger partial charge on any atom is -0.467 e. The molecule has 0 unspecified atom stereocenters. The van der Waals surface area contributed by atoms with Gasteiger partial charge in [0.2, 0.25) is 0 Å². The Bertz CT molecular complexity index is 853. The smallest absolute Gasteiger partial charge is 0.328 e. The lowest BCUT2D eigenvalue weighted by molar-refractivity contribution is -0.144. The molecule has 2 heterocycles. The number of nitrogens with zero attached hydrogens (tertiary/aromatic N) is 2. The second-order valence-corrected chi connectivity index (χ2v) is 7.38. The van der Waals surface area contributed by atoms with Gasteiger partial charge in [-0.3, -0.25) is 0 Å². The molecule has 2 aromatic rings. The largest absolute Gasteiger partial charge is 0.467 e. The van der Waals surface area contributed by atoms with Crippen LogP contribution in [0.5, 0.6) is 0 Å². The molecule has 28 heavy (non-hydrogen) atoms. The van der Waals surface area contributed by atoms with Gasteiger partial charge in [-0.15, -0.1) is 0 Å². The summed E-state index contributed by atoms with van der Waals surface area (Å²) in [6, 6.07) is 5.94. The van der Waals surface area contributed by atoms with E-state index in [0.717, 1.165) is 23.4 Å². The van der Waals surface area contributed by atoms with E-state index in [2.05, 4.69) is 15.3 Å². The van der Waals surface area contributed by atoms with Crippen LogP contribution in [0.25, 0.3) is 0 Å². The topological polar surface area (TPSA) is 87.3 Å². The molecule has 0 spiro atoms. The van der Waals surface area contributed by atoms with Gasteiger partial charge in [0, 0.05) is 23.7 Å². The molecule has 0 saturated heterocycles. The van der Waals surface area contributed by atoms with Gasteiger partial charge in [0.1, 0.15) is 12.1 Å². The number of esters is 1. The number of ether oxygens (including phenoxy) is 1. The molecule has 2 amide bonds. The summed E-state index contributed by atoms with van der Waals surface area (Å²) in [5.74, 6) is -0.504. The second kappa shape index (κ2) is 8.65. The summed E-state index contributed by atoms with van der Waals surface area (Å²) in [6.45, 7) is 4.36. The van der Waals surface area contributed by atoms with Crippen LogP contribution in [0.3, 0.4) is 0 Å². The highest BCUT2D eigenvalue weighted by Crippen LogP contribution is 2.36. The van der Waals surface area contributed by atoms with Gasteiger partial charge in [0.05, 0.1) is 19.1 Å². The minimum atomic E-state index is -0.713. The number of carbonyl (C=O) groups excluding carboxylic acids is 2. The first kappa shape index (κ1) is 20.2. The third-order valence-corrected chi connectivity index (χ3v) is 5.68. The zero-order valence-electron chi connectivity index (χ0n) is 16.2. The Labute approximate surface area is 169 Å². The third-order valence-electron chi connectivity index (χ3n) is 5.33. The Morgan fingerprint density at radius 3 is 2.86 bits per heavy atom. The van der Waals surface area contributed by atoms with Crippen molar-refractivity contribution in [2.75, 3.05) is 13.7 Å². The highest BCUT2D eigenvalue weighted by molar-refractivity contribution is 6.31. The molecule has 0 bridgehead atoms. The summed E-state index contributed by atoms with van der Waals surface area (Å²) >= 11 is 6.44. The number of benzene rings is 1. The van der Waals surface area contributed by atoms with Crippen LogP contribution >= 0.6 is 11.6 Å². The van der Waals surface area contributed by atoms with Gasteiger partial charge in [-0.05, 0) is 17.5 Å². The number of halogens is 1. The average Bonchev–Trinajstić information content (AvgIpc) is 3.19. The van der Waals surface area contributed by atoms with Crippen LogP contribution in [0.2, 0.25) is 5.02 Å². The van der Waals surface area contributed by atoms with Gasteiger partial charge >= 0.3 is 12.0 Å². The number of aromatic amines is 1. The molecule has 1 aromatic heterocycles. The molecule has 1 aliphatic rings. The van der Waals surface area contributed by atoms with Crippen LogP contribution in [0.4, 0.5) is 4.79 Å². The predicted molar refractivity (Wildman–Crippen MR) is 106 cm³/mol. The molecule has 1 aliphatic heterocycles. The molecule has 8 heteroatoms. The number of carbonyl (C=O) groups is 2. The highest BCUT2D eigenvalue weighted by atomic mass is 35.5. The molecule has 0 fully saturated rings. The molecule has 7 nitrogen and oxygen atoms in total. The molecule has 0 radical (unpaired) electrons. The van der Waals surface area contributed by atoms with Crippen LogP contribution in [-0.2, 0) is 16.0 Å². The lowest BCUT2D eigenvalue weighted by Gasteiger charge is -2.36. The Kier molecular flexibility index (Phi) is 6.24. The van der Waals surface area contributed by atoms with Gasteiger partial charge in [-0.1, -0.05) is 50.1 Å². The summed E-state index contributed by atoms with van der Waals surface area (Å²) in [4.78, 5) is 34.7. The summed E-state index contributed by atoms with van der Waals surface area (Å²) in [5.41, 5.74) is 2.55. The third kappa shape index (κ3) is 3.85. The summed E-state index contributed by atoms with van der Waals surface area (Å²) < 4.78 is 4.89. The molecular weight excluding hydrogens is 380 g/mol. The first-order chi connectivity index (χ1) is 13.5.